The van der Waals surface area contributed by atoms with Crippen LogP contribution in [0, 0.1) is 0 Å². The first-order chi connectivity index (χ1) is 8.34. The summed E-state index contributed by atoms with van der Waals surface area (Å²) in [5, 5.41) is 3.34. The van der Waals surface area contributed by atoms with Gasteiger partial charge in [-0.15, -0.1) is 0 Å². The van der Waals surface area contributed by atoms with Crippen molar-refractivity contribution in [3.05, 3.63) is 54.2 Å². The molecule has 3 nitrogen and oxygen atoms in total. The molecule has 1 heterocycles. The first kappa shape index (κ1) is 11.5. The average molecular weight is 227 g/mol. The van der Waals surface area contributed by atoms with Gasteiger partial charge in [0.05, 0.1) is 0 Å². The SMILES string of the molecule is Nc1cc(NCCCc2ccccc2)ccn1. The van der Waals surface area contributed by atoms with Crippen LogP contribution >= 0.6 is 0 Å². The van der Waals surface area contributed by atoms with Crippen LogP contribution in [0.15, 0.2) is 48.7 Å². The van der Waals surface area contributed by atoms with Crippen LogP contribution in [0.4, 0.5) is 11.5 Å². The van der Waals surface area contributed by atoms with Crippen molar-refractivity contribution >= 4 is 11.5 Å². The van der Waals surface area contributed by atoms with Crippen LogP contribution in [0.5, 0.6) is 0 Å². The van der Waals surface area contributed by atoms with E-state index in [1.807, 2.05) is 18.2 Å². The summed E-state index contributed by atoms with van der Waals surface area (Å²) in [6.45, 7) is 0.943. The second-order valence-electron chi connectivity index (χ2n) is 3.99. The Morgan fingerprint density at radius 2 is 1.94 bits per heavy atom. The predicted octanol–water partition coefficient (Wildman–Crippen LogP) is 2.71. The van der Waals surface area contributed by atoms with Gasteiger partial charge in [0, 0.05) is 24.5 Å². The summed E-state index contributed by atoms with van der Waals surface area (Å²) in [5.74, 6) is 0.554. The van der Waals surface area contributed by atoms with Crippen LogP contribution < -0.4 is 11.1 Å². The van der Waals surface area contributed by atoms with Gasteiger partial charge in [-0.2, -0.15) is 0 Å². The highest BCUT2D eigenvalue weighted by molar-refractivity contribution is 5.49. The lowest BCUT2D eigenvalue weighted by molar-refractivity contribution is 0.863. The van der Waals surface area contributed by atoms with Crippen molar-refractivity contribution < 1.29 is 0 Å². The van der Waals surface area contributed by atoms with Crippen molar-refractivity contribution in [1.29, 1.82) is 0 Å². The van der Waals surface area contributed by atoms with Crippen molar-refractivity contribution in [2.45, 2.75) is 12.8 Å². The van der Waals surface area contributed by atoms with Gasteiger partial charge < -0.3 is 11.1 Å². The van der Waals surface area contributed by atoms with Crippen molar-refractivity contribution in [3.63, 3.8) is 0 Å². The van der Waals surface area contributed by atoms with Crippen LogP contribution in [-0.4, -0.2) is 11.5 Å². The number of nitrogens with zero attached hydrogens (tertiary/aromatic N) is 1. The zero-order chi connectivity index (χ0) is 11.9. The molecule has 0 aliphatic rings. The largest absolute Gasteiger partial charge is 0.385 e. The Morgan fingerprint density at radius 1 is 1.12 bits per heavy atom. The maximum atomic E-state index is 5.60. The fraction of sp³-hybridized carbons (Fsp3) is 0.214. The number of aryl methyl sites for hydroxylation is 1. The van der Waals surface area contributed by atoms with Crippen molar-refractivity contribution in [1.82, 2.24) is 4.98 Å². The first-order valence-corrected chi connectivity index (χ1v) is 5.84. The number of nitrogen functional groups attached to an aromatic ring is 1. The van der Waals surface area contributed by atoms with E-state index in [1.165, 1.54) is 5.56 Å². The summed E-state index contributed by atoms with van der Waals surface area (Å²) in [6.07, 6.45) is 3.91. The lowest BCUT2D eigenvalue weighted by atomic mass is 10.1. The van der Waals surface area contributed by atoms with E-state index >= 15 is 0 Å². The van der Waals surface area contributed by atoms with Crippen LogP contribution in [-0.2, 0) is 6.42 Å². The van der Waals surface area contributed by atoms with Gasteiger partial charge in [0.25, 0.3) is 0 Å². The Morgan fingerprint density at radius 3 is 2.71 bits per heavy atom. The molecular weight excluding hydrogens is 210 g/mol. The number of anilines is 2. The summed E-state index contributed by atoms with van der Waals surface area (Å²) in [5.41, 5.74) is 8.01. The molecular formula is C14H17N3. The number of aromatic nitrogens is 1. The smallest absolute Gasteiger partial charge is 0.125 e. The standard InChI is InChI=1S/C14H17N3/c15-14-11-13(8-10-17-14)16-9-4-7-12-5-2-1-3-6-12/h1-3,5-6,8,10-11H,4,7,9H2,(H3,15,16,17). The Kier molecular flexibility index (Phi) is 3.97. The van der Waals surface area contributed by atoms with Gasteiger partial charge in [-0.05, 0) is 24.5 Å². The Hall–Kier alpha value is -2.03. The number of nitrogens with two attached hydrogens (primary N) is 1. The Bertz CT molecular complexity index is 454. The highest BCUT2D eigenvalue weighted by Crippen LogP contribution is 2.09. The molecule has 0 bridgehead atoms. The zero-order valence-corrected chi connectivity index (χ0v) is 9.76. The number of rotatable bonds is 5. The molecule has 0 atom stereocenters. The molecule has 0 fully saturated rings. The van der Waals surface area contributed by atoms with Gasteiger partial charge in [0.2, 0.25) is 0 Å². The Labute approximate surface area is 102 Å². The molecule has 88 valence electrons. The molecule has 17 heavy (non-hydrogen) atoms. The summed E-state index contributed by atoms with van der Waals surface area (Å²) in [4.78, 5) is 3.95. The van der Waals surface area contributed by atoms with Crippen molar-refractivity contribution in [2.75, 3.05) is 17.6 Å². The van der Waals surface area contributed by atoms with E-state index in [9.17, 15) is 0 Å². The molecule has 1 aromatic carbocycles. The van der Waals surface area contributed by atoms with Crippen molar-refractivity contribution in [3.8, 4) is 0 Å². The molecule has 3 N–H and O–H groups in total. The van der Waals surface area contributed by atoms with E-state index in [1.54, 1.807) is 6.20 Å². The summed E-state index contributed by atoms with van der Waals surface area (Å²) in [6, 6.07) is 14.3. The first-order valence-electron chi connectivity index (χ1n) is 5.84. The Balaban J connectivity index is 1.73. The third-order valence-electron chi connectivity index (χ3n) is 2.60. The molecule has 2 aromatic rings. The number of benzene rings is 1. The van der Waals surface area contributed by atoms with Crippen LogP contribution in [0.25, 0.3) is 0 Å². The van der Waals surface area contributed by atoms with Crippen molar-refractivity contribution in [2.24, 2.45) is 0 Å². The van der Waals surface area contributed by atoms with Gasteiger partial charge in [0.15, 0.2) is 0 Å². The molecule has 2 rings (SSSR count). The van der Waals surface area contributed by atoms with E-state index in [2.05, 4.69) is 34.6 Å². The minimum Gasteiger partial charge on any atom is -0.385 e. The van der Waals surface area contributed by atoms with Gasteiger partial charge in [-0.25, -0.2) is 4.98 Å². The maximum Gasteiger partial charge on any atom is 0.125 e. The molecule has 0 amide bonds. The third-order valence-corrected chi connectivity index (χ3v) is 2.60. The monoisotopic (exact) mass is 227 g/mol. The summed E-state index contributed by atoms with van der Waals surface area (Å²) in [7, 11) is 0. The minimum atomic E-state index is 0.554. The molecule has 0 radical (unpaired) electrons. The van der Waals surface area contributed by atoms with Crippen LogP contribution in [0.1, 0.15) is 12.0 Å². The third kappa shape index (κ3) is 3.79. The molecule has 0 saturated heterocycles. The fourth-order valence-electron chi connectivity index (χ4n) is 1.73. The summed E-state index contributed by atoms with van der Waals surface area (Å²) < 4.78 is 0. The zero-order valence-electron chi connectivity index (χ0n) is 9.76. The number of hydrogen-bond acceptors (Lipinski definition) is 3. The molecule has 0 spiro atoms. The van der Waals surface area contributed by atoms with Crippen LogP contribution in [0.3, 0.4) is 0 Å². The second-order valence-corrected chi connectivity index (χ2v) is 3.99. The molecule has 3 heteroatoms. The summed E-state index contributed by atoms with van der Waals surface area (Å²) >= 11 is 0. The quantitative estimate of drug-likeness (QED) is 0.772. The van der Waals surface area contributed by atoms with Crippen LogP contribution in [0.2, 0.25) is 0 Å². The number of hydrogen-bond donors (Lipinski definition) is 2. The average Bonchev–Trinajstić information content (AvgIpc) is 2.36. The number of pyridine rings is 1. The normalized spacial score (nSPS) is 10.1. The number of nitrogens with one attached hydrogen (secondary N) is 1. The fourth-order valence-corrected chi connectivity index (χ4v) is 1.73. The van der Waals surface area contributed by atoms with E-state index < -0.39 is 0 Å². The topological polar surface area (TPSA) is 50.9 Å². The van der Waals surface area contributed by atoms with Gasteiger partial charge in [0.1, 0.15) is 5.82 Å². The highest BCUT2D eigenvalue weighted by atomic mass is 14.9. The molecule has 0 aliphatic carbocycles. The van der Waals surface area contributed by atoms with E-state index in [4.69, 9.17) is 5.73 Å². The molecule has 1 aromatic heterocycles. The van der Waals surface area contributed by atoms with E-state index in [0.717, 1.165) is 25.1 Å². The van der Waals surface area contributed by atoms with Gasteiger partial charge in [-0.1, -0.05) is 30.3 Å². The lowest BCUT2D eigenvalue weighted by Gasteiger charge is -2.06. The molecule has 0 saturated carbocycles. The minimum absolute atomic E-state index is 0.554. The van der Waals surface area contributed by atoms with Gasteiger partial charge in [-0.3, -0.25) is 0 Å². The second kappa shape index (κ2) is 5.89. The van der Waals surface area contributed by atoms with Gasteiger partial charge >= 0.3 is 0 Å². The van der Waals surface area contributed by atoms with E-state index in [-0.39, 0.29) is 0 Å². The lowest BCUT2D eigenvalue weighted by Crippen LogP contribution is -2.03. The maximum absolute atomic E-state index is 5.60. The predicted molar refractivity (Wildman–Crippen MR) is 71.9 cm³/mol. The van der Waals surface area contributed by atoms with E-state index in [0.29, 0.717) is 5.82 Å². The highest BCUT2D eigenvalue weighted by Gasteiger charge is 1.94. The molecule has 0 unspecified atom stereocenters. The molecule has 0 aliphatic heterocycles.